The Morgan fingerprint density at radius 2 is 0.981 bits per heavy atom. The molecule has 0 spiro atoms. The molecule has 256 valence electrons. The molecule has 0 heterocycles. The molecule has 9 aromatic rings. The SMILES string of the molecule is c1ccc(Oc2ccc(Pc3cc4ccc5cccc6ccc(c3PCCC[P+](c3ccccc3)(c3ccccc3)c3ccccc3)c4c56)cc2)cc1. The number of rotatable bonds is 12. The van der Waals surface area contributed by atoms with Gasteiger partial charge in [0, 0.05) is 0 Å². The molecule has 0 amide bonds. The first-order chi connectivity index (χ1) is 26.3. The number of para-hydroxylation sites is 1. The van der Waals surface area contributed by atoms with Crippen molar-refractivity contribution in [1.82, 2.24) is 0 Å². The van der Waals surface area contributed by atoms with Crippen molar-refractivity contribution in [3.05, 3.63) is 194 Å². The van der Waals surface area contributed by atoms with Gasteiger partial charge in [0.2, 0.25) is 0 Å². The maximum absolute atomic E-state index is 6.14. The minimum atomic E-state index is -1.87. The Labute approximate surface area is 316 Å². The van der Waals surface area contributed by atoms with E-state index in [2.05, 4.69) is 164 Å². The van der Waals surface area contributed by atoms with Gasteiger partial charge >= 0.3 is 0 Å². The van der Waals surface area contributed by atoms with Crippen LogP contribution in [0, 0.1) is 0 Å². The first-order valence-electron chi connectivity index (χ1n) is 18.4. The predicted octanol–water partition coefficient (Wildman–Crippen LogP) is 10.7. The van der Waals surface area contributed by atoms with Crippen molar-refractivity contribution >= 4 is 88.6 Å². The Morgan fingerprint density at radius 1 is 0.453 bits per heavy atom. The molecule has 1 nitrogen and oxygen atoms in total. The first-order valence-corrected chi connectivity index (χ1v) is 22.5. The van der Waals surface area contributed by atoms with Gasteiger partial charge in [-0.25, -0.2) is 0 Å². The van der Waals surface area contributed by atoms with Crippen LogP contribution in [0.25, 0.3) is 32.3 Å². The van der Waals surface area contributed by atoms with E-state index in [4.69, 9.17) is 4.74 Å². The Balaban J connectivity index is 1.07. The van der Waals surface area contributed by atoms with Crippen LogP contribution in [0.5, 0.6) is 11.5 Å². The van der Waals surface area contributed by atoms with Crippen LogP contribution in [0.15, 0.2) is 194 Å². The third-order valence-electron chi connectivity index (χ3n) is 10.3. The molecule has 0 aliphatic heterocycles. The molecule has 0 saturated heterocycles. The topological polar surface area (TPSA) is 9.23 Å². The molecule has 9 rings (SSSR count). The summed E-state index contributed by atoms with van der Waals surface area (Å²) < 4.78 is 6.14. The summed E-state index contributed by atoms with van der Waals surface area (Å²) in [6, 6.07) is 71.3. The van der Waals surface area contributed by atoms with Crippen molar-refractivity contribution < 1.29 is 4.74 Å². The summed E-state index contributed by atoms with van der Waals surface area (Å²) in [5, 5.41) is 16.9. The Kier molecular flexibility index (Phi) is 9.74. The minimum Gasteiger partial charge on any atom is -0.457 e. The summed E-state index contributed by atoms with van der Waals surface area (Å²) in [6.07, 6.45) is 3.45. The van der Waals surface area contributed by atoms with E-state index in [0.717, 1.165) is 30.2 Å². The van der Waals surface area contributed by atoms with Gasteiger partial charge in [-0.3, -0.25) is 0 Å². The van der Waals surface area contributed by atoms with Crippen LogP contribution in [0.4, 0.5) is 0 Å². The fourth-order valence-corrected chi connectivity index (χ4v) is 15.4. The standard InChI is InChI=1S/C49H40OP3/c1-5-17-39(18-6-1)50-40-28-30-41(31-29-40)52-46-35-38-26-25-36-15-13-16-37-27-32-45(48(38)47(36)37)49(46)51-33-14-34-53(42-19-7-2-8-20-42,43-21-9-3-10-22-43)44-23-11-4-12-24-44/h1-13,15-32,35,51-52H,14,33-34H2/q+1. The fraction of sp³-hybridized carbons (Fsp3) is 0.0612. The number of hydrogen-bond donors (Lipinski definition) is 0. The molecule has 2 unspecified atom stereocenters. The van der Waals surface area contributed by atoms with E-state index in [0.29, 0.717) is 17.2 Å². The molecular formula is C49H40OP3+. The third-order valence-corrected chi connectivity index (χ3v) is 17.9. The van der Waals surface area contributed by atoms with Crippen LogP contribution in [0.1, 0.15) is 6.42 Å². The lowest BCUT2D eigenvalue weighted by Crippen LogP contribution is -2.33. The second kappa shape index (κ2) is 15.2. The zero-order valence-electron chi connectivity index (χ0n) is 29.5. The van der Waals surface area contributed by atoms with Gasteiger partial charge < -0.3 is 4.74 Å². The van der Waals surface area contributed by atoms with E-state index < -0.39 is 7.26 Å². The average Bonchev–Trinajstić information content (AvgIpc) is 3.23. The van der Waals surface area contributed by atoms with Gasteiger partial charge in [0.1, 0.15) is 34.7 Å². The van der Waals surface area contributed by atoms with E-state index >= 15 is 0 Å². The van der Waals surface area contributed by atoms with Crippen LogP contribution in [0.2, 0.25) is 0 Å². The molecular weight excluding hydrogens is 697 g/mol. The van der Waals surface area contributed by atoms with Crippen LogP contribution >= 0.6 is 24.4 Å². The summed E-state index contributed by atoms with van der Waals surface area (Å²) in [5.74, 6) is 1.72. The highest BCUT2D eigenvalue weighted by molar-refractivity contribution is 7.95. The number of ether oxygens (including phenoxy) is 1. The summed E-state index contributed by atoms with van der Waals surface area (Å²) in [5.41, 5.74) is 0. The normalized spacial score (nSPS) is 12.2. The maximum atomic E-state index is 6.14. The highest BCUT2D eigenvalue weighted by Crippen LogP contribution is 2.56. The maximum Gasteiger partial charge on any atom is 0.127 e. The van der Waals surface area contributed by atoms with E-state index in [1.807, 2.05) is 30.3 Å². The van der Waals surface area contributed by atoms with Crippen LogP contribution in [-0.2, 0) is 0 Å². The number of benzene rings is 9. The molecule has 0 aromatic heterocycles. The molecule has 9 aromatic carbocycles. The third kappa shape index (κ3) is 6.76. The highest BCUT2D eigenvalue weighted by atomic mass is 31.2. The van der Waals surface area contributed by atoms with Crippen molar-refractivity contribution in [3.63, 3.8) is 0 Å². The van der Waals surface area contributed by atoms with Crippen molar-refractivity contribution in [3.8, 4) is 11.5 Å². The van der Waals surface area contributed by atoms with Gasteiger partial charge in [-0.1, -0.05) is 145 Å². The van der Waals surface area contributed by atoms with Gasteiger partial charge in [0.25, 0.3) is 0 Å². The van der Waals surface area contributed by atoms with Crippen molar-refractivity contribution in [2.75, 3.05) is 12.3 Å². The molecule has 0 saturated carbocycles. The molecule has 0 bridgehead atoms. The lowest BCUT2D eigenvalue weighted by Gasteiger charge is -2.28. The second-order valence-corrected chi connectivity index (χ2v) is 19.9. The molecule has 0 N–H and O–H groups in total. The molecule has 2 atom stereocenters. The average molecular weight is 738 g/mol. The second-order valence-electron chi connectivity index (χ2n) is 13.5. The highest BCUT2D eigenvalue weighted by Gasteiger charge is 2.44. The molecule has 0 radical (unpaired) electrons. The van der Waals surface area contributed by atoms with E-state index in [9.17, 15) is 0 Å². The van der Waals surface area contributed by atoms with Gasteiger partial charge in [-0.05, 0) is 128 Å². The Morgan fingerprint density at radius 3 is 1.58 bits per heavy atom. The lowest BCUT2D eigenvalue weighted by atomic mass is 9.94. The Hall–Kier alpha value is -4.89. The van der Waals surface area contributed by atoms with Crippen LogP contribution in [-0.4, -0.2) is 12.3 Å². The van der Waals surface area contributed by atoms with Crippen molar-refractivity contribution in [2.24, 2.45) is 0 Å². The van der Waals surface area contributed by atoms with Gasteiger partial charge in [0.15, 0.2) is 0 Å². The largest absolute Gasteiger partial charge is 0.457 e. The van der Waals surface area contributed by atoms with E-state index in [1.165, 1.54) is 64.1 Å². The van der Waals surface area contributed by atoms with Crippen LogP contribution in [0.3, 0.4) is 0 Å². The van der Waals surface area contributed by atoms with Gasteiger partial charge in [-0.2, -0.15) is 0 Å². The van der Waals surface area contributed by atoms with Gasteiger partial charge in [0.05, 0.1) is 6.16 Å². The molecule has 0 fully saturated rings. The lowest BCUT2D eigenvalue weighted by molar-refractivity contribution is 0.483. The minimum absolute atomic E-state index is 0.558. The monoisotopic (exact) mass is 737 g/mol. The van der Waals surface area contributed by atoms with Crippen molar-refractivity contribution in [2.45, 2.75) is 6.42 Å². The molecule has 53 heavy (non-hydrogen) atoms. The predicted molar refractivity (Wildman–Crippen MR) is 238 cm³/mol. The van der Waals surface area contributed by atoms with E-state index in [1.54, 1.807) is 0 Å². The fourth-order valence-electron chi connectivity index (χ4n) is 7.90. The quantitative estimate of drug-likeness (QED) is 0.0689. The molecule has 0 aliphatic carbocycles. The molecule has 4 heteroatoms. The zero-order valence-corrected chi connectivity index (χ0v) is 32.3. The van der Waals surface area contributed by atoms with Crippen LogP contribution < -0.4 is 36.6 Å². The number of hydrogen-bond acceptors (Lipinski definition) is 1. The summed E-state index contributed by atoms with van der Waals surface area (Å²) in [7, 11) is -0.603. The Bertz CT molecular complexity index is 2480. The molecule has 0 aliphatic rings. The summed E-state index contributed by atoms with van der Waals surface area (Å²) >= 11 is 0. The van der Waals surface area contributed by atoms with Gasteiger partial charge in [-0.15, -0.1) is 0 Å². The first kappa shape index (κ1) is 33.9. The smallest absolute Gasteiger partial charge is 0.127 e. The summed E-state index contributed by atoms with van der Waals surface area (Å²) in [6.45, 7) is 0. The van der Waals surface area contributed by atoms with Crippen molar-refractivity contribution in [1.29, 1.82) is 0 Å². The zero-order chi connectivity index (χ0) is 35.5. The van der Waals surface area contributed by atoms with E-state index in [-0.39, 0.29) is 0 Å². The summed E-state index contributed by atoms with van der Waals surface area (Å²) in [4.78, 5) is 0.